The van der Waals surface area contributed by atoms with Crippen LogP contribution in [-0.4, -0.2) is 39.8 Å². The number of nitrogens with zero attached hydrogens (tertiary/aromatic N) is 6. The minimum atomic E-state index is -0.258. The molecule has 0 radical (unpaired) electrons. The normalized spacial score (nSPS) is 11.3. The lowest BCUT2D eigenvalue weighted by molar-refractivity contribution is -0.116. The standard InChI is InChI=1S/C26H28N8O2/c1-16-5-7-18(8-6-16)30-24(35)14-34-20-12-17(2)11-19(25(20)33(4)26(34)36)21-13-27-23(32(21)3)10-9-22-28-15-29-31-22/h5-8,11-13,15H,9-10,14H2,1-4H3,(H,30,35)(H,28,29,31). The molecule has 0 spiro atoms. The number of rotatable bonds is 7. The first-order valence-corrected chi connectivity index (χ1v) is 11.7. The van der Waals surface area contributed by atoms with Gasteiger partial charge in [0, 0.05) is 38.2 Å². The number of nitrogens with one attached hydrogen (secondary N) is 2. The summed E-state index contributed by atoms with van der Waals surface area (Å²) in [4.78, 5) is 34.9. The van der Waals surface area contributed by atoms with Crippen molar-refractivity contribution < 1.29 is 4.79 Å². The number of imidazole rings is 2. The van der Waals surface area contributed by atoms with E-state index in [9.17, 15) is 9.59 Å². The van der Waals surface area contributed by atoms with Crippen LogP contribution < -0.4 is 11.0 Å². The van der Waals surface area contributed by atoms with Gasteiger partial charge in [-0.2, -0.15) is 5.10 Å². The highest BCUT2D eigenvalue weighted by Gasteiger charge is 2.20. The van der Waals surface area contributed by atoms with Crippen molar-refractivity contribution in [1.29, 1.82) is 0 Å². The van der Waals surface area contributed by atoms with Crippen molar-refractivity contribution in [2.45, 2.75) is 33.2 Å². The van der Waals surface area contributed by atoms with Gasteiger partial charge in [0.05, 0.1) is 22.9 Å². The van der Waals surface area contributed by atoms with Crippen LogP contribution in [0.1, 0.15) is 22.8 Å². The fraction of sp³-hybridized carbons (Fsp3) is 0.269. The molecule has 10 heteroatoms. The van der Waals surface area contributed by atoms with Crippen molar-refractivity contribution in [2.75, 3.05) is 5.32 Å². The fourth-order valence-electron chi connectivity index (χ4n) is 4.54. The summed E-state index contributed by atoms with van der Waals surface area (Å²) in [5.74, 6) is 1.37. The summed E-state index contributed by atoms with van der Waals surface area (Å²) >= 11 is 0. The Morgan fingerprint density at radius 2 is 1.78 bits per heavy atom. The number of carbonyl (C=O) groups is 1. The summed E-state index contributed by atoms with van der Waals surface area (Å²) in [7, 11) is 3.70. The number of hydrogen-bond donors (Lipinski definition) is 2. The molecule has 10 nitrogen and oxygen atoms in total. The van der Waals surface area contributed by atoms with Gasteiger partial charge in [-0.1, -0.05) is 17.7 Å². The molecule has 2 aromatic carbocycles. The molecule has 184 valence electrons. The predicted octanol–water partition coefficient (Wildman–Crippen LogP) is 2.90. The van der Waals surface area contributed by atoms with E-state index in [4.69, 9.17) is 0 Å². The van der Waals surface area contributed by atoms with Crippen LogP contribution in [0.25, 0.3) is 22.3 Å². The molecule has 1 amide bonds. The average Bonchev–Trinajstić information content (AvgIpc) is 3.55. The molecule has 0 saturated carbocycles. The molecule has 3 heterocycles. The molecule has 0 aliphatic carbocycles. The van der Waals surface area contributed by atoms with E-state index in [1.54, 1.807) is 17.9 Å². The van der Waals surface area contributed by atoms with Gasteiger partial charge in [0.25, 0.3) is 0 Å². The third-order valence-electron chi connectivity index (χ3n) is 6.41. The smallest absolute Gasteiger partial charge is 0.329 e. The second-order valence-electron chi connectivity index (χ2n) is 9.06. The predicted molar refractivity (Wildman–Crippen MR) is 138 cm³/mol. The van der Waals surface area contributed by atoms with Gasteiger partial charge in [0.15, 0.2) is 5.82 Å². The topological polar surface area (TPSA) is 115 Å². The summed E-state index contributed by atoms with van der Waals surface area (Å²) < 4.78 is 5.16. The van der Waals surface area contributed by atoms with E-state index in [1.807, 2.05) is 62.0 Å². The van der Waals surface area contributed by atoms with Crippen LogP contribution in [0.15, 0.2) is 53.7 Å². The maximum absolute atomic E-state index is 13.2. The van der Waals surface area contributed by atoms with E-state index in [-0.39, 0.29) is 18.1 Å². The lowest BCUT2D eigenvalue weighted by atomic mass is 10.1. The number of anilines is 1. The fourth-order valence-corrected chi connectivity index (χ4v) is 4.54. The number of aromatic nitrogens is 7. The van der Waals surface area contributed by atoms with E-state index in [1.165, 1.54) is 4.57 Å². The number of aryl methyl sites for hydroxylation is 5. The van der Waals surface area contributed by atoms with Gasteiger partial charge in [0.1, 0.15) is 18.7 Å². The zero-order valence-electron chi connectivity index (χ0n) is 20.7. The van der Waals surface area contributed by atoms with Crippen LogP contribution in [0.2, 0.25) is 0 Å². The van der Waals surface area contributed by atoms with Crippen molar-refractivity contribution in [1.82, 2.24) is 33.9 Å². The minimum absolute atomic E-state index is 0.0831. The molecule has 0 atom stereocenters. The Labute approximate surface area is 207 Å². The lowest BCUT2D eigenvalue weighted by Gasteiger charge is -2.10. The second-order valence-corrected chi connectivity index (χ2v) is 9.06. The Balaban J connectivity index is 1.49. The van der Waals surface area contributed by atoms with Gasteiger partial charge in [-0.25, -0.2) is 14.8 Å². The molecule has 3 aromatic heterocycles. The molecule has 36 heavy (non-hydrogen) atoms. The molecule has 2 N–H and O–H groups in total. The van der Waals surface area contributed by atoms with Crippen LogP contribution in [0, 0.1) is 13.8 Å². The quantitative estimate of drug-likeness (QED) is 0.369. The monoisotopic (exact) mass is 484 g/mol. The first-order chi connectivity index (χ1) is 17.3. The minimum Gasteiger partial charge on any atom is -0.331 e. The number of hydrogen-bond acceptors (Lipinski definition) is 5. The Hall–Kier alpha value is -4.47. The van der Waals surface area contributed by atoms with Crippen molar-refractivity contribution in [3.05, 3.63) is 82.2 Å². The molecular weight excluding hydrogens is 456 g/mol. The van der Waals surface area contributed by atoms with E-state index >= 15 is 0 Å². The number of fused-ring (bicyclic) bond motifs is 1. The molecular formula is C26H28N8O2. The summed E-state index contributed by atoms with van der Waals surface area (Å²) in [6, 6.07) is 11.6. The van der Waals surface area contributed by atoms with Crippen molar-refractivity contribution in [3.63, 3.8) is 0 Å². The van der Waals surface area contributed by atoms with Gasteiger partial charge in [-0.15, -0.1) is 0 Å². The zero-order chi connectivity index (χ0) is 25.4. The Kier molecular flexibility index (Phi) is 6.01. The number of amides is 1. The number of carbonyl (C=O) groups excluding carboxylic acids is 1. The molecule has 0 bridgehead atoms. The SMILES string of the molecule is Cc1ccc(NC(=O)Cn2c(=O)n(C)c3c(-c4cnc(CCc5nc[nH]n5)n4C)cc(C)cc32)cc1. The first-order valence-electron chi connectivity index (χ1n) is 11.7. The van der Waals surface area contributed by atoms with Crippen molar-refractivity contribution in [2.24, 2.45) is 14.1 Å². The Morgan fingerprint density at radius 1 is 1.00 bits per heavy atom. The summed E-state index contributed by atoms with van der Waals surface area (Å²) in [5.41, 5.74) is 5.80. The van der Waals surface area contributed by atoms with Gasteiger partial charge in [-0.05, 0) is 43.7 Å². The number of aromatic amines is 1. The molecule has 0 saturated heterocycles. The van der Waals surface area contributed by atoms with E-state index in [0.29, 0.717) is 24.0 Å². The molecule has 0 fully saturated rings. The third kappa shape index (κ3) is 4.33. The van der Waals surface area contributed by atoms with Gasteiger partial charge in [-0.3, -0.25) is 19.0 Å². The Morgan fingerprint density at radius 3 is 2.50 bits per heavy atom. The molecule has 0 aliphatic rings. The Bertz CT molecular complexity index is 1600. The lowest BCUT2D eigenvalue weighted by Crippen LogP contribution is -2.28. The maximum Gasteiger partial charge on any atom is 0.329 e. The largest absolute Gasteiger partial charge is 0.331 e. The average molecular weight is 485 g/mol. The maximum atomic E-state index is 13.2. The molecule has 5 rings (SSSR count). The van der Waals surface area contributed by atoms with Crippen molar-refractivity contribution >= 4 is 22.6 Å². The van der Waals surface area contributed by atoms with Gasteiger partial charge >= 0.3 is 5.69 Å². The third-order valence-corrected chi connectivity index (χ3v) is 6.41. The highest BCUT2D eigenvalue weighted by Crippen LogP contribution is 2.30. The zero-order valence-corrected chi connectivity index (χ0v) is 20.7. The number of H-pyrrole nitrogens is 1. The van der Waals surface area contributed by atoms with E-state index in [0.717, 1.165) is 39.5 Å². The second kappa shape index (κ2) is 9.29. The van der Waals surface area contributed by atoms with Crippen LogP contribution in [0.4, 0.5) is 5.69 Å². The van der Waals surface area contributed by atoms with Gasteiger partial charge in [0.2, 0.25) is 5.91 Å². The van der Waals surface area contributed by atoms with Crippen LogP contribution in [-0.2, 0) is 38.3 Å². The van der Waals surface area contributed by atoms with Crippen molar-refractivity contribution in [3.8, 4) is 11.3 Å². The molecule has 0 aliphatic heterocycles. The van der Waals surface area contributed by atoms with Crippen LogP contribution >= 0.6 is 0 Å². The highest BCUT2D eigenvalue weighted by molar-refractivity contribution is 5.95. The summed E-state index contributed by atoms with van der Waals surface area (Å²) in [6.07, 6.45) is 4.74. The molecule has 5 aromatic rings. The van der Waals surface area contributed by atoms with E-state index < -0.39 is 0 Å². The van der Waals surface area contributed by atoms with Gasteiger partial charge < -0.3 is 9.88 Å². The van der Waals surface area contributed by atoms with Crippen LogP contribution in [0.3, 0.4) is 0 Å². The van der Waals surface area contributed by atoms with Crippen LogP contribution in [0.5, 0.6) is 0 Å². The number of benzene rings is 2. The van der Waals surface area contributed by atoms with E-state index in [2.05, 4.69) is 31.5 Å². The summed E-state index contributed by atoms with van der Waals surface area (Å²) in [6.45, 7) is 3.89. The highest BCUT2D eigenvalue weighted by atomic mass is 16.2. The summed E-state index contributed by atoms with van der Waals surface area (Å²) in [5, 5.41) is 9.72. The first kappa shape index (κ1) is 23.3. The molecule has 0 unspecified atom stereocenters.